The number of nitrogens with one attached hydrogen (secondary N) is 1. The molecule has 0 aliphatic heterocycles. The lowest BCUT2D eigenvalue weighted by molar-refractivity contribution is 0.519. The average Bonchev–Trinajstić information content (AvgIpc) is 2.45. The standard InChI is InChI=1S/C16H22N2O/c1-4-12(5-2)11-17-14-10-16(19)18(3)15-9-7-6-8-13(14)15/h6-10,12,17H,4-5,11H2,1-3H3. The van der Waals surface area contributed by atoms with Crippen LogP contribution in [0.15, 0.2) is 35.1 Å². The number of nitrogens with zero attached hydrogens (tertiary/aromatic N) is 1. The number of aromatic nitrogens is 1. The molecule has 2 aromatic rings. The molecular formula is C16H22N2O. The van der Waals surface area contributed by atoms with Crippen LogP contribution in [0, 0.1) is 5.92 Å². The second-order valence-corrected chi connectivity index (χ2v) is 5.04. The third kappa shape index (κ3) is 2.80. The molecule has 3 nitrogen and oxygen atoms in total. The lowest BCUT2D eigenvalue weighted by atomic mass is 10.0. The second kappa shape index (κ2) is 5.91. The van der Waals surface area contributed by atoms with Gasteiger partial charge in [-0.15, -0.1) is 0 Å². The number of benzene rings is 1. The van der Waals surface area contributed by atoms with Crippen molar-refractivity contribution in [3.63, 3.8) is 0 Å². The van der Waals surface area contributed by atoms with Crippen molar-refractivity contribution in [2.45, 2.75) is 26.7 Å². The molecule has 3 heteroatoms. The molecule has 0 bridgehead atoms. The summed E-state index contributed by atoms with van der Waals surface area (Å²) in [7, 11) is 1.81. The molecule has 19 heavy (non-hydrogen) atoms. The van der Waals surface area contributed by atoms with Crippen LogP contribution >= 0.6 is 0 Å². The molecule has 1 heterocycles. The third-order valence-electron chi connectivity index (χ3n) is 3.89. The van der Waals surface area contributed by atoms with E-state index in [9.17, 15) is 4.79 Å². The van der Waals surface area contributed by atoms with Crippen LogP contribution in [-0.2, 0) is 7.05 Å². The maximum Gasteiger partial charge on any atom is 0.252 e. The molecule has 0 aliphatic carbocycles. The van der Waals surface area contributed by atoms with E-state index in [2.05, 4.69) is 25.2 Å². The number of hydrogen-bond donors (Lipinski definition) is 1. The van der Waals surface area contributed by atoms with E-state index in [1.54, 1.807) is 10.6 Å². The van der Waals surface area contributed by atoms with Crippen LogP contribution in [0.2, 0.25) is 0 Å². The van der Waals surface area contributed by atoms with Crippen LogP contribution in [0.4, 0.5) is 5.69 Å². The molecule has 0 unspecified atom stereocenters. The van der Waals surface area contributed by atoms with Gasteiger partial charge >= 0.3 is 0 Å². The number of aryl methyl sites for hydroxylation is 1. The lowest BCUT2D eigenvalue weighted by Gasteiger charge is -2.16. The van der Waals surface area contributed by atoms with Crippen molar-refractivity contribution in [1.82, 2.24) is 4.57 Å². The zero-order valence-corrected chi connectivity index (χ0v) is 11.9. The van der Waals surface area contributed by atoms with Crippen molar-refractivity contribution in [3.05, 3.63) is 40.7 Å². The first-order valence-corrected chi connectivity index (χ1v) is 7.00. The topological polar surface area (TPSA) is 34.0 Å². The smallest absolute Gasteiger partial charge is 0.252 e. The van der Waals surface area contributed by atoms with Crippen LogP contribution < -0.4 is 10.9 Å². The van der Waals surface area contributed by atoms with Crippen LogP contribution in [-0.4, -0.2) is 11.1 Å². The van der Waals surface area contributed by atoms with E-state index in [-0.39, 0.29) is 5.56 Å². The summed E-state index contributed by atoms with van der Waals surface area (Å²) in [4.78, 5) is 12.0. The fourth-order valence-corrected chi connectivity index (χ4v) is 2.39. The summed E-state index contributed by atoms with van der Waals surface area (Å²) in [5.41, 5.74) is 1.96. The Kier molecular flexibility index (Phi) is 4.25. The Hall–Kier alpha value is -1.77. The summed E-state index contributed by atoms with van der Waals surface area (Å²) >= 11 is 0. The molecule has 0 atom stereocenters. The van der Waals surface area contributed by atoms with E-state index < -0.39 is 0 Å². The van der Waals surface area contributed by atoms with Crippen molar-refractivity contribution < 1.29 is 0 Å². The summed E-state index contributed by atoms with van der Waals surface area (Å²) in [5, 5.41) is 4.55. The van der Waals surface area contributed by atoms with Crippen molar-refractivity contribution >= 4 is 16.6 Å². The molecule has 0 amide bonds. The third-order valence-corrected chi connectivity index (χ3v) is 3.89. The molecule has 0 saturated carbocycles. The summed E-state index contributed by atoms with van der Waals surface area (Å²) in [6.07, 6.45) is 2.32. The number of anilines is 1. The predicted molar refractivity (Wildman–Crippen MR) is 81.8 cm³/mol. The zero-order valence-electron chi connectivity index (χ0n) is 11.9. The molecule has 102 valence electrons. The Bertz CT molecular complexity index is 612. The molecule has 0 radical (unpaired) electrons. The molecular weight excluding hydrogens is 236 g/mol. The zero-order chi connectivity index (χ0) is 13.8. The number of hydrogen-bond acceptors (Lipinski definition) is 2. The minimum absolute atomic E-state index is 0.0331. The van der Waals surface area contributed by atoms with Gasteiger partial charge in [-0.2, -0.15) is 0 Å². The summed E-state index contributed by atoms with van der Waals surface area (Å²) in [6.45, 7) is 5.33. The van der Waals surface area contributed by atoms with Crippen LogP contribution in [0.3, 0.4) is 0 Å². The molecule has 0 saturated heterocycles. The van der Waals surface area contributed by atoms with Gasteiger partial charge in [0.2, 0.25) is 0 Å². The number of pyridine rings is 1. The Morgan fingerprint density at radius 2 is 1.89 bits per heavy atom. The first kappa shape index (κ1) is 13.7. The summed E-state index contributed by atoms with van der Waals surface area (Å²) in [6, 6.07) is 9.72. The first-order valence-electron chi connectivity index (χ1n) is 7.00. The first-order chi connectivity index (χ1) is 9.17. The second-order valence-electron chi connectivity index (χ2n) is 5.04. The van der Waals surface area contributed by atoms with Gasteiger partial charge in [-0.05, 0) is 12.0 Å². The van der Waals surface area contributed by atoms with Gasteiger partial charge in [0.1, 0.15) is 0 Å². The van der Waals surface area contributed by atoms with Crippen molar-refractivity contribution in [1.29, 1.82) is 0 Å². The molecule has 0 aliphatic rings. The maximum atomic E-state index is 12.0. The lowest BCUT2D eigenvalue weighted by Crippen LogP contribution is -2.19. The fraction of sp³-hybridized carbons (Fsp3) is 0.438. The van der Waals surface area contributed by atoms with Crippen molar-refractivity contribution in [2.75, 3.05) is 11.9 Å². The SMILES string of the molecule is CCC(CC)CNc1cc(=O)n(C)c2ccccc12. The predicted octanol–water partition coefficient (Wildman–Crippen LogP) is 3.39. The number of rotatable bonds is 5. The van der Waals surface area contributed by atoms with Gasteiger partial charge in [0.25, 0.3) is 5.56 Å². The van der Waals surface area contributed by atoms with Crippen molar-refractivity contribution in [2.24, 2.45) is 13.0 Å². The van der Waals surface area contributed by atoms with Crippen LogP contribution in [0.25, 0.3) is 10.9 Å². The number of para-hydroxylation sites is 1. The molecule has 0 spiro atoms. The Morgan fingerprint density at radius 3 is 2.58 bits per heavy atom. The van der Waals surface area contributed by atoms with Gasteiger partial charge in [-0.25, -0.2) is 0 Å². The Morgan fingerprint density at radius 1 is 1.21 bits per heavy atom. The highest BCUT2D eigenvalue weighted by atomic mass is 16.1. The van der Waals surface area contributed by atoms with Gasteiger partial charge in [0.15, 0.2) is 0 Å². The van der Waals surface area contributed by atoms with Gasteiger partial charge in [0.05, 0.1) is 5.52 Å². The van der Waals surface area contributed by atoms with Gasteiger partial charge in [-0.3, -0.25) is 4.79 Å². The fourth-order valence-electron chi connectivity index (χ4n) is 2.39. The van der Waals surface area contributed by atoms with Gasteiger partial charge in [0, 0.05) is 30.7 Å². The summed E-state index contributed by atoms with van der Waals surface area (Å²) in [5.74, 6) is 0.655. The highest BCUT2D eigenvalue weighted by molar-refractivity contribution is 5.91. The number of fused-ring (bicyclic) bond motifs is 1. The molecule has 2 rings (SSSR count). The van der Waals surface area contributed by atoms with E-state index in [1.165, 1.54) is 0 Å². The maximum absolute atomic E-state index is 12.0. The van der Waals surface area contributed by atoms with E-state index in [1.807, 2.05) is 25.2 Å². The molecule has 1 aromatic carbocycles. The summed E-state index contributed by atoms with van der Waals surface area (Å²) < 4.78 is 1.69. The minimum Gasteiger partial charge on any atom is -0.384 e. The minimum atomic E-state index is 0.0331. The van der Waals surface area contributed by atoms with Crippen LogP contribution in [0.1, 0.15) is 26.7 Å². The van der Waals surface area contributed by atoms with E-state index in [4.69, 9.17) is 0 Å². The Balaban J connectivity index is 2.38. The Labute approximate surface area is 114 Å². The monoisotopic (exact) mass is 258 g/mol. The quantitative estimate of drug-likeness (QED) is 0.892. The average molecular weight is 258 g/mol. The van der Waals surface area contributed by atoms with Gasteiger partial charge in [-0.1, -0.05) is 44.9 Å². The largest absolute Gasteiger partial charge is 0.384 e. The van der Waals surface area contributed by atoms with E-state index in [0.29, 0.717) is 5.92 Å². The van der Waals surface area contributed by atoms with E-state index >= 15 is 0 Å². The highest BCUT2D eigenvalue weighted by Gasteiger charge is 2.08. The normalized spacial score (nSPS) is 11.2. The van der Waals surface area contributed by atoms with Crippen LogP contribution in [0.5, 0.6) is 0 Å². The molecule has 1 aromatic heterocycles. The molecule has 1 N–H and O–H groups in total. The van der Waals surface area contributed by atoms with Crippen molar-refractivity contribution in [3.8, 4) is 0 Å². The van der Waals surface area contributed by atoms with Gasteiger partial charge < -0.3 is 9.88 Å². The van der Waals surface area contributed by atoms with E-state index in [0.717, 1.165) is 36.0 Å². The molecule has 0 fully saturated rings. The highest BCUT2D eigenvalue weighted by Crippen LogP contribution is 2.21.